The Balaban J connectivity index is 1.52. The van der Waals surface area contributed by atoms with Gasteiger partial charge in [-0.25, -0.2) is 0 Å². The highest BCUT2D eigenvalue weighted by Gasteiger charge is 2.18. The molecule has 0 radical (unpaired) electrons. The van der Waals surface area contributed by atoms with Gasteiger partial charge in [0.2, 0.25) is 0 Å². The zero-order chi connectivity index (χ0) is 14.5. The molecule has 2 heteroatoms. The smallest absolute Gasteiger partial charge is 0.0349 e. The first-order valence-corrected chi connectivity index (χ1v) is 7.64. The van der Waals surface area contributed by atoms with Crippen LogP contribution in [0.2, 0.25) is 0 Å². The third-order valence-electron chi connectivity index (χ3n) is 4.15. The van der Waals surface area contributed by atoms with Crippen molar-refractivity contribution in [3.63, 3.8) is 0 Å². The van der Waals surface area contributed by atoms with Crippen LogP contribution in [0.5, 0.6) is 0 Å². The Hall–Kier alpha value is -2.06. The first-order chi connectivity index (χ1) is 10.3. The molecule has 0 fully saturated rings. The van der Waals surface area contributed by atoms with Crippen LogP contribution in [0.25, 0.3) is 6.08 Å². The molecule has 1 aliphatic rings. The number of rotatable bonds is 4. The second-order valence-corrected chi connectivity index (χ2v) is 5.65. The molecular formula is C19H22N2. The molecule has 1 atom stereocenters. The van der Waals surface area contributed by atoms with Crippen molar-refractivity contribution in [2.45, 2.75) is 25.3 Å². The Labute approximate surface area is 126 Å². The number of hydrogen-bond acceptors (Lipinski definition) is 2. The molecule has 2 aromatic rings. The van der Waals surface area contributed by atoms with E-state index < -0.39 is 0 Å². The molecule has 21 heavy (non-hydrogen) atoms. The van der Waals surface area contributed by atoms with Crippen LogP contribution in [0.3, 0.4) is 0 Å². The summed E-state index contributed by atoms with van der Waals surface area (Å²) in [6, 6.07) is 17.2. The summed E-state index contributed by atoms with van der Waals surface area (Å²) in [5.74, 6) is 0. The minimum Gasteiger partial charge on any atom is -0.398 e. The van der Waals surface area contributed by atoms with E-state index in [9.17, 15) is 0 Å². The van der Waals surface area contributed by atoms with Crippen LogP contribution in [-0.2, 0) is 12.8 Å². The Morgan fingerprint density at radius 3 is 2.81 bits per heavy atom. The molecule has 0 amide bonds. The summed E-state index contributed by atoms with van der Waals surface area (Å²) < 4.78 is 0. The fourth-order valence-corrected chi connectivity index (χ4v) is 3.00. The Morgan fingerprint density at radius 2 is 1.95 bits per heavy atom. The number of fused-ring (bicyclic) bond motifs is 1. The van der Waals surface area contributed by atoms with Gasteiger partial charge in [-0.1, -0.05) is 54.6 Å². The molecule has 3 N–H and O–H groups in total. The van der Waals surface area contributed by atoms with Crippen molar-refractivity contribution in [1.82, 2.24) is 5.32 Å². The van der Waals surface area contributed by atoms with Gasteiger partial charge in [-0.05, 0) is 42.0 Å². The molecule has 0 spiro atoms. The third kappa shape index (κ3) is 3.53. The maximum Gasteiger partial charge on any atom is 0.0349 e. The van der Waals surface area contributed by atoms with E-state index in [2.05, 4.69) is 53.9 Å². The van der Waals surface area contributed by atoms with Crippen LogP contribution in [0.15, 0.2) is 54.6 Å². The summed E-state index contributed by atoms with van der Waals surface area (Å²) >= 11 is 0. The van der Waals surface area contributed by atoms with Gasteiger partial charge in [-0.3, -0.25) is 0 Å². The molecule has 108 valence electrons. The molecule has 2 nitrogen and oxygen atoms in total. The SMILES string of the molecule is Nc1cccc2c1CCC(NCC=Cc1ccccc1)C2. The van der Waals surface area contributed by atoms with Gasteiger partial charge in [0.05, 0.1) is 0 Å². The number of benzene rings is 2. The fraction of sp³-hybridized carbons (Fsp3) is 0.263. The fourth-order valence-electron chi connectivity index (χ4n) is 3.00. The molecule has 0 saturated carbocycles. The van der Waals surface area contributed by atoms with E-state index in [0.717, 1.165) is 25.1 Å². The lowest BCUT2D eigenvalue weighted by atomic mass is 9.87. The second kappa shape index (κ2) is 6.59. The van der Waals surface area contributed by atoms with Crippen LogP contribution in [-0.4, -0.2) is 12.6 Å². The summed E-state index contributed by atoms with van der Waals surface area (Å²) in [5.41, 5.74) is 11.0. The van der Waals surface area contributed by atoms with Gasteiger partial charge < -0.3 is 11.1 Å². The predicted octanol–water partition coefficient (Wildman–Crippen LogP) is 3.43. The van der Waals surface area contributed by atoms with Gasteiger partial charge in [0.25, 0.3) is 0 Å². The van der Waals surface area contributed by atoms with Crippen LogP contribution in [0.4, 0.5) is 5.69 Å². The molecule has 1 unspecified atom stereocenters. The van der Waals surface area contributed by atoms with Gasteiger partial charge in [-0.15, -0.1) is 0 Å². The zero-order valence-electron chi connectivity index (χ0n) is 12.3. The van der Waals surface area contributed by atoms with Crippen LogP contribution >= 0.6 is 0 Å². The van der Waals surface area contributed by atoms with Gasteiger partial charge in [-0.2, -0.15) is 0 Å². The van der Waals surface area contributed by atoms with Crippen LogP contribution < -0.4 is 11.1 Å². The second-order valence-electron chi connectivity index (χ2n) is 5.65. The molecule has 0 aromatic heterocycles. The first kappa shape index (κ1) is 13.9. The monoisotopic (exact) mass is 278 g/mol. The third-order valence-corrected chi connectivity index (χ3v) is 4.15. The highest BCUT2D eigenvalue weighted by Crippen LogP contribution is 2.26. The van der Waals surface area contributed by atoms with Gasteiger partial charge in [0, 0.05) is 18.3 Å². The molecular weight excluding hydrogens is 256 g/mol. The maximum atomic E-state index is 6.04. The minimum absolute atomic E-state index is 0.555. The lowest BCUT2D eigenvalue weighted by Crippen LogP contribution is -2.34. The van der Waals surface area contributed by atoms with E-state index in [-0.39, 0.29) is 0 Å². The zero-order valence-corrected chi connectivity index (χ0v) is 12.3. The van der Waals surface area contributed by atoms with E-state index in [0.29, 0.717) is 6.04 Å². The van der Waals surface area contributed by atoms with Crippen molar-refractivity contribution in [2.24, 2.45) is 0 Å². The maximum absolute atomic E-state index is 6.04. The van der Waals surface area contributed by atoms with E-state index in [4.69, 9.17) is 5.73 Å². The van der Waals surface area contributed by atoms with Crippen molar-refractivity contribution < 1.29 is 0 Å². The van der Waals surface area contributed by atoms with Crippen molar-refractivity contribution in [2.75, 3.05) is 12.3 Å². The lowest BCUT2D eigenvalue weighted by Gasteiger charge is -2.26. The largest absolute Gasteiger partial charge is 0.398 e. The average Bonchev–Trinajstić information content (AvgIpc) is 2.53. The van der Waals surface area contributed by atoms with Crippen molar-refractivity contribution in [3.8, 4) is 0 Å². The molecule has 1 aliphatic carbocycles. The quantitative estimate of drug-likeness (QED) is 0.841. The lowest BCUT2D eigenvalue weighted by molar-refractivity contribution is 0.480. The molecule has 0 aliphatic heterocycles. The van der Waals surface area contributed by atoms with E-state index in [1.165, 1.54) is 23.1 Å². The number of nitrogen functional groups attached to an aromatic ring is 1. The van der Waals surface area contributed by atoms with E-state index >= 15 is 0 Å². The predicted molar refractivity (Wildman–Crippen MR) is 90.1 cm³/mol. The van der Waals surface area contributed by atoms with Gasteiger partial charge in [0.1, 0.15) is 0 Å². The minimum atomic E-state index is 0.555. The van der Waals surface area contributed by atoms with E-state index in [1.54, 1.807) is 0 Å². The summed E-state index contributed by atoms with van der Waals surface area (Å²) in [6.07, 6.45) is 7.70. The normalized spacial score (nSPS) is 17.8. The van der Waals surface area contributed by atoms with Crippen molar-refractivity contribution >= 4 is 11.8 Å². The molecule has 2 aromatic carbocycles. The van der Waals surface area contributed by atoms with E-state index in [1.807, 2.05) is 12.1 Å². The van der Waals surface area contributed by atoms with Crippen LogP contribution in [0, 0.1) is 0 Å². The Morgan fingerprint density at radius 1 is 1.10 bits per heavy atom. The summed E-state index contributed by atoms with van der Waals surface area (Å²) in [7, 11) is 0. The van der Waals surface area contributed by atoms with Gasteiger partial charge in [0.15, 0.2) is 0 Å². The van der Waals surface area contributed by atoms with Crippen molar-refractivity contribution in [1.29, 1.82) is 0 Å². The number of anilines is 1. The number of hydrogen-bond donors (Lipinski definition) is 2. The Kier molecular flexibility index (Phi) is 4.37. The van der Waals surface area contributed by atoms with Crippen molar-refractivity contribution in [3.05, 3.63) is 71.3 Å². The molecule has 0 saturated heterocycles. The number of nitrogens with one attached hydrogen (secondary N) is 1. The molecule has 0 heterocycles. The Bertz CT molecular complexity index is 617. The number of nitrogens with two attached hydrogens (primary N) is 1. The topological polar surface area (TPSA) is 38.0 Å². The first-order valence-electron chi connectivity index (χ1n) is 7.64. The molecule has 0 bridgehead atoms. The summed E-state index contributed by atoms with van der Waals surface area (Å²) in [6.45, 7) is 0.914. The molecule has 3 rings (SSSR count). The highest BCUT2D eigenvalue weighted by molar-refractivity contribution is 5.52. The summed E-state index contributed by atoms with van der Waals surface area (Å²) in [5, 5.41) is 3.62. The van der Waals surface area contributed by atoms with Crippen LogP contribution in [0.1, 0.15) is 23.1 Å². The van der Waals surface area contributed by atoms with Gasteiger partial charge >= 0.3 is 0 Å². The average molecular weight is 278 g/mol. The highest BCUT2D eigenvalue weighted by atomic mass is 14.9. The summed E-state index contributed by atoms with van der Waals surface area (Å²) in [4.78, 5) is 0. The standard InChI is InChI=1S/C19H22N2/c20-19-10-4-9-16-14-17(11-12-18(16)19)21-13-5-8-15-6-2-1-3-7-15/h1-10,17,21H,11-14,20H2.